The number of carbonyl (C=O) groups excluding carboxylic acids is 5. The molecule has 0 spiro atoms. The summed E-state index contributed by atoms with van der Waals surface area (Å²) in [5, 5.41) is 140. The van der Waals surface area contributed by atoms with Crippen molar-refractivity contribution in [2.75, 3.05) is 64.2 Å². The Morgan fingerprint density at radius 3 is 0.969 bits per heavy atom. The van der Waals surface area contributed by atoms with Gasteiger partial charge in [0.1, 0.15) is 75.9 Å². The van der Waals surface area contributed by atoms with Crippen molar-refractivity contribution in [3.05, 3.63) is 201 Å². The standard InChI is InChI=1S/C57H52O21S.C25H22O10.C6H10O4S.I3.I2.HI/c1-26-16-34(61)48-42(17-26)77-56(52(67)50(48)65)29-6-10-36-40(20-29)75-54(27-4-8-32(59)38(18-27)69-2)44(73-36)24-71-46(63)12-14-79-15-13-47(64)72-25-45-55(28-5-9-33(60)39(19-28)70-3)76-41-21-30(7-11-37(41)74-45)57-53(68)51(66)49-35(62)22-31(58)23-43(49)78-57;1-32-17-6-11(2-4-14(17)28)24-20(10-26)33-16-5-3-12(7-18(16)34-24)25-23(31)22(30)21-15(29)8-13(27)9-19(21)35-25;7-5(8)1-3-11-4-2-6(9)10;1-3-2;1-2;/h4-11,16-23,44-45,52-62,67-68H,12-15,24-25H2,1-3H3;2-9,20,23-29,31H,10H2,1H3;1-4H2,(H,7,8)(H,9,10);;;1H/q;;;-1;;/t44?,45?,52-,53-,54?,55?,56+,57+;20?,23-,24?,25+;;;;/m00..../s1. The van der Waals surface area contributed by atoms with Gasteiger partial charge >= 0.3 is 74.4 Å². The van der Waals surface area contributed by atoms with E-state index < -0.39 is 126 Å². The second-order valence-corrected chi connectivity index (χ2v) is 47.7. The number of phenols is 8. The Hall–Kier alpha value is -9.21. The second kappa shape index (κ2) is 48.1. The van der Waals surface area contributed by atoms with E-state index in [0.29, 0.717) is 69.5 Å². The molecule has 9 aromatic rings. The molecule has 0 radical (unpaired) electrons. The van der Waals surface area contributed by atoms with Gasteiger partial charge in [0.15, 0.2) is 142 Å². The number of halogens is 6. The van der Waals surface area contributed by atoms with Crippen LogP contribution in [0.1, 0.15) is 132 Å². The first-order chi connectivity index (χ1) is 62.3. The van der Waals surface area contributed by atoms with Crippen LogP contribution in [0.15, 0.2) is 146 Å². The van der Waals surface area contributed by atoms with Crippen LogP contribution in [0.5, 0.6) is 115 Å². The molecule has 14 N–H and O–H groups in total. The van der Waals surface area contributed by atoms with Crippen molar-refractivity contribution in [3.63, 3.8) is 0 Å². The summed E-state index contributed by atoms with van der Waals surface area (Å²) in [7, 11) is 4.18. The number of Topliss-reactive ketones (excluding diaryl/α,β-unsaturated/α-hetero) is 3. The first-order valence-electron chi connectivity index (χ1n) is 39.0. The van der Waals surface area contributed by atoms with Gasteiger partial charge < -0.3 is 138 Å². The zero-order valence-corrected chi connectivity index (χ0v) is 83.8. The average molecular weight is 2530 g/mol. The number of aliphatic carboxylic acids is 2. The van der Waals surface area contributed by atoms with Crippen molar-refractivity contribution in [1.82, 2.24) is 0 Å². The van der Waals surface area contributed by atoms with E-state index in [9.17, 15) is 94.8 Å². The number of fused-ring (bicyclic) bond motifs is 6. The number of hydrogen-bond acceptors (Lipinski definition) is 35. The summed E-state index contributed by atoms with van der Waals surface area (Å²) in [5.41, 5.74) is 2.66. The molecule has 6 aliphatic rings. The Balaban J connectivity index is 0.000000281. The molecule has 0 aliphatic carbocycles. The van der Waals surface area contributed by atoms with E-state index in [2.05, 4.69) is 74.5 Å². The number of benzene rings is 9. The summed E-state index contributed by atoms with van der Waals surface area (Å²) in [5.74, 6) is -3.89. The summed E-state index contributed by atoms with van der Waals surface area (Å²) in [4.78, 5) is 85.3. The minimum Gasteiger partial charge on any atom is -0.481 e. The van der Waals surface area contributed by atoms with Gasteiger partial charge in [-0.2, -0.15) is 23.5 Å². The van der Waals surface area contributed by atoms with Gasteiger partial charge in [-0.1, -0.05) is 36.4 Å². The molecule has 0 fully saturated rings. The first kappa shape index (κ1) is 104. The van der Waals surface area contributed by atoms with E-state index in [1.807, 2.05) is 0 Å². The maximum absolute atomic E-state index is 13.2. The molecule has 0 saturated carbocycles. The number of ether oxygens (including phenoxy) is 14. The molecule has 0 aromatic heterocycles. The van der Waals surface area contributed by atoms with Crippen LogP contribution in [-0.2, 0) is 28.7 Å². The molecular weight excluding hydrogens is 2440 g/mol. The molecular formula is C88H85I6O35S2-. The number of aliphatic hydroxyl groups is 4. The number of esters is 2. The van der Waals surface area contributed by atoms with Crippen LogP contribution in [-0.4, -0.2) is 214 Å². The molecule has 6 heterocycles. The van der Waals surface area contributed by atoms with Crippen LogP contribution >= 0.6 is 122 Å². The van der Waals surface area contributed by atoms with E-state index in [4.69, 9.17) is 76.5 Å². The zero-order valence-electron chi connectivity index (χ0n) is 69.0. The van der Waals surface area contributed by atoms with E-state index >= 15 is 0 Å². The van der Waals surface area contributed by atoms with Crippen molar-refractivity contribution < 1.29 is 185 Å². The summed E-state index contributed by atoms with van der Waals surface area (Å²) < 4.78 is 82.6. The van der Waals surface area contributed by atoms with Crippen LogP contribution in [0, 0.1) is 6.92 Å². The van der Waals surface area contributed by atoms with Crippen molar-refractivity contribution >= 4 is 163 Å². The van der Waals surface area contributed by atoms with Gasteiger partial charge in [0.25, 0.3) is 0 Å². The Labute approximate surface area is 825 Å². The van der Waals surface area contributed by atoms with Crippen LogP contribution in [0.25, 0.3) is 0 Å². The summed E-state index contributed by atoms with van der Waals surface area (Å²) in [6.45, 7) is 0.847. The zero-order chi connectivity index (χ0) is 94.1. The predicted molar refractivity (Wildman–Crippen MR) is 509 cm³/mol. The molecule has 12 atom stereocenters. The van der Waals surface area contributed by atoms with E-state index in [1.165, 1.54) is 93.4 Å². The third-order valence-electron chi connectivity index (χ3n) is 20.4. The number of carboxylic acid groups (broad SMARTS) is 2. The maximum atomic E-state index is 13.2. The smallest absolute Gasteiger partial charge is 0.304 e. The molecule has 0 amide bonds. The fourth-order valence-electron chi connectivity index (χ4n) is 14.3. The second-order valence-electron chi connectivity index (χ2n) is 29.0. The molecule has 43 heteroatoms. The summed E-state index contributed by atoms with van der Waals surface area (Å²) in [6.07, 6.45) is -13.6. The number of aromatic hydroxyl groups is 8. The molecule has 35 nitrogen and oxygen atoms in total. The SMILES string of the molecule is COc1cc(C2Oc3cc([C@H]4Oc5cc(C)cc(O)c5C(=O)[C@@H]4O)ccc3OC2COC(=O)CCSCCC(=O)OCC2Oc3ccc([C@H]4Oc5cc(O)cc(O)c5C(=O)[C@@H]4O)cc3OC2c2ccc(O)c(OC)c2)ccc1O.COc1cc(C2Oc3cc([C@H]4Oc5cc(O)cc(O)c5C(=O)[C@@H]4O)ccc3OC2CO)ccc1O.I.II.I[I-]I.O=C(O)CCSCCC(=O)O. The number of phenolic OH excluding ortho intramolecular Hbond substituents is 8. The number of ketones is 3. The molecule has 131 heavy (non-hydrogen) atoms. The maximum Gasteiger partial charge on any atom is 0.304 e. The van der Waals surface area contributed by atoms with Gasteiger partial charge in [-0.25, -0.2) is 0 Å². The molecule has 6 aliphatic heterocycles. The number of carbonyl (C=O) groups is 7. The molecule has 15 rings (SSSR count). The first-order valence-corrected chi connectivity index (χ1v) is 60.2. The van der Waals surface area contributed by atoms with E-state index in [0.717, 1.165) is 18.2 Å². The molecule has 6 unspecified atom stereocenters. The van der Waals surface area contributed by atoms with Gasteiger partial charge in [0.05, 0.1) is 53.6 Å². The van der Waals surface area contributed by atoms with E-state index in [-0.39, 0.29) is 195 Å². The van der Waals surface area contributed by atoms with Crippen LogP contribution in [0.2, 0.25) is 0 Å². The van der Waals surface area contributed by atoms with Gasteiger partial charge in [-0.15, -0.1) is 24.0 Å². The number of methoxy groups -OCH3 is 3. The van der Waals surface area contributed by atoms with Crippen molar-refractivity contribution in [1.29, 1.82) is 0 Å². The van der Waals surface area contributed by atoms with Crippen molar-refractivity contribution in [3.8, 4) is 115 Å². The van der Waals surface area contributed by atoms with E-state index in [1.54, 1.807) is 85.8 Å². The van der Waals surface area contributed by atoms with Gasteiger partial charge in [0, 0.05) is 101 Å². The molecule has 0 bridgehead atoms. The molecule has 0 saturated heterocycles. The Kier molecular flexibility index (Phi) is 38.2. The number of rotatable bonds is 26. The topological polar surface area (TPSA) is 532 Å². The van der Waals surface area contributed by atoms with Gasteiger partial charge in [0.2, 0.25) is 17.3 Å². The summed E-state index contributed by atoms with van der Waals surface area (Å²) >= 11 is 12.2. The van der Waals surface area contributed by atoms with Crippen molar-refractivity contribution in [2.24, 2.45) is 0 Å². The fourth-order valence-corrected chi connectivity index (χ4v) is 16.0. The summed E-state index contributed by atoms with van der Waals surface area (Å²) in [6, 6.07) is 35.0. The molecule has 702 valence electrons. The average Bonchev–Trinajstić information content (AvgIpc) is 0.764. The fraction of sp³-hybridized carbons (Fsp3) is 0.307. The third-order valence-corrected chi connectivity index (χ3v) is 22.4. The number of aryl methyl sites for hydroxylation is 1. The van der Waals surface area contributed by atoms with Crippen LogP contribution < -0.4 is 70.1 Å². The Morgan fingerprint density at radius 2 is 0.649 bits per heavy atom. The predicted octanol–water partition coefficient (Wildman–Crippen LogP) is 11.2. The monoisotopic (exact) mass is 2530 g/mol. The number of hydrogen-bond donors (Lipinski definition) is 14. The Morgan fingerprint density at radius 1 is 0.366 bits per heavy atom. The number of carboxylic acids is 2. The number of aliphatic hydroxyl groups excluding tert-OH is 4. The van der Waals surface area contributed by atoms with Crippen molar-refractivity contribution in [2.45, 2.75) is 106 Å². The molecule has 9 aromatic carbocycles. The minimum atomic E-state index is -1.73. The minimum absolute atomic E-state index is 0. The van der Waals surface area contributed by atoms with Gasteiger partial charge in [-0.3, -0.25) is 33.6 Å². The largest absolute Gasteiger partial charge is 0.481 e. The van der Waals surface area contributed by atoms with Crippen LogP contribution in [0.4, 0.5) is 0 Å². The quantitative estimate of drug-likeness (QED) is 0.0136. The number of thioether (sulfide) groups is 2. The normalized spacial score (nSPS) is 20.1. The van der Waals surface area contributed by atoms with Crippen LogP contribution in [0.3, 0.4) is 0 Å². The third kappa shape index (κ3) is 25.5. The van der Waals surface area contributed by atoms with Gasteiger partial charge in [-0.05, 0) is 114 Å². The Bertz CT molecular complexity index is 5400.